The van der Waals surface area contributed by atoms with Crippen LogP contribution in [0.2, 0.25) is 5.02 Å². The molecule has 0 fully saturated rings. The highest BCUT2D eigenvalue weighted by Crippen LogP contribution is 2.34. The van der Waals surface area contributed by atoms with Gasteiger partial charge in [0.2, 0.25) is 0 Å². The second-order valence-corrected chi connectivity index (χ2v) is 6.99. The van der Waals surface area contributed by atoms with E-state index in [0.29, 0.717) is 22.9 Å². The first-order valence-electron chi connectivity index (χ1n) is 7.00. The zero-order valence-corrected chi connectivity index (χ0v) is 13.4. The molecule has 1 rings (SSSR count). The van der Waals surface area contributed by atoms with E-state index in [-0.39, 0.29) is 23.7 Å². The third kappa shape index (κ3) is 4.44. The van der Waals surface area contributed by atoms with Gasteiger partial charge in [-0.15, -0.1) is 0 Å². The maximum Gasteiger partial charge on any atom is 0.124 e. The molecule has 0 saturated heterocycles. The van der Waals surface area contributed by atoms with Crippen molar-refractivity contribution in [2.45, 2.75) is 46.1 Å². The van der Waals surface area contributed by atoms with Crippen LogP contribution in [0.3, 0.4) is 0 Å². The molecule has 0 saturated carbocycles. The Morgan fingerprint density at radius 2 is 1.95 bits per heavy atom. The first-order chi connectivity index (χ1) is 9.16. The van der Waals surface area contributed by atoms with E-state index in [2.05, 4.69) is 27.7 Å². The van der Waals surface area contributed by atoms with E-state index in [1.807, 2.05) is 0 Å². The number of nitrogens with two attached hydrogens (primary N) is 1. The number of benzene rings is 1. The van der Waals surface area contributed by atoms with Crippen molar-refractivity contribution >= 4 is 11.6 Å². The highest BCUT2D eigenvalue weighted by molar-refractivity contribution is 6.31. The Morgan fingerprint density at radius 3 is 2.40 bits per heavy atom. The lowest BCUT2D eigenvalue weighted by atomic mass is 9.76. The summed E-state index contributed by atoms with van der Waals surface area (Å²) in [6.45, 7) is 8.83. The predicted molar refractivity (Wildman–Crippen MR) is 82.4 cm³/mol. The highest BCUT2D eigenvalue weighted by Gasteiger charge is 2.28. The molecule has 0 heterocycles. The van der Waals surface area contributed by atoms with Crippen molar-refractivity contribution in [3.63, 3.8) is 0 Å². The number of aliphatic hydroxyl groups is 1. The standard InChI is InChI=1S/C16H25ClFNO/c1-10(16(2,3)4)7-15(20)13(9-19)12-6-5-11(18)8-14(12)17/h5-6,8,10,13,15,20H,7,9,19H2,1-4H3. The van der Waals surface area contributed by atoms with Crippen LogP contribution in [0.15, 0.2) is 18.2 Å². The van der Waals surface area contributed by atoms with Crippen LogP contribution >= 0.6 is 11.6 Å². The van der Waals surface area contributed by atoms with Gasteiger partial charge >= 0.3 is 0 Å². The summed E-state index contributed by atoms with van der Waals surface area (Å²) in [6, 6.07) is 4.23. The Labute approximate surface area is 126 Å². The van der Waals surface area contributed by atoms with Gasteiger partial charge in [-0.3, -0.25) is 0 Å². The van der Waals surface area contributed by atoms with Crippen LogP contribution in [0, 0.1) is 17.2 Å². The van der Waals surface area contributed by atoms with Gasteiger partial charge in [0.05, 0.1) is 6.10 Å². The van der Waals surface area contributed by atoms with Crippen LogP contribution < -0.4 is 5.73 Å². The number of hydrogen-bond donors (Lipinski definition) is 2. The molecule has 1 aromatic rings. The van der Waals surface area contributed by atoms with Gasteiger partial charge in [0.25, 0.3) is 0 Å². The van der Waals surface area contributed by atoms with Crippen molar-refractivity contribution in [2.75, 3.05) is 6.54 Å². The van der Waals surface area contributed by atoms with Crippen LogP contribution in [0.5, 0.6) is 0 Å². The van der Waals surface area contributed by atoms with E-state index < -0.39 is 6.10 Å². The fraction of sp³-hybridized carbons (Fsp3) is 0.625. The molecule has 3 unspecified atom stereocenters. The van der Waals surface area contributed by atoms with E-state index in [1.54, 1.807) is 6.07 Å². The molecule has 20 heavy (non-hydrogen) atoms. The van der Waals surface area contributed by atoms with Crippen molar-refractivity contribution in [3.8, 4) is 0 Å². The third-order valence-corrected chi connectivity index (χ3v) is 4.48. The van der Waals surface area contributed by atoms with Crippen molar-refractivity contribution < 1.29 is 9.50 Å². The molecule has 0 aliphatic heterocycles. The molecule has 2 nitrogen and oxygen atoms in total. The molecule has 0 spiro atoms. The van der Waals surface area contributed by atoms with E-state index in [9.17, 15) is 9.50 Å². The van der Waals surface area contributed by atoms with Gasteiger partial charge in [-0.25, -0.2) is 4.39 Å². The van der Waals surface area contributed by atoms with Crippen LogP contribution in [0.4, 0.5) is 4.39 Å². The number of aliphatic hydroxyl groups excluding tert-OH is 1. The summed E-state index contributed by atoms with van der Waals surface area (Å²) < 4.78 is 13.1. The van der Waals surface area contributed by atoms with E-state index >= 15 is 0 Å². The number of hydrogen-bond acceptors (Lipinski definition) is 2. The quantitative estimate of drug-likeness (QED) is 0.865. The summed E-state index contributed by atoms with van der Waals surface area (Å²) >= 11 is 6.07. The zero-order chi connectivity index (χ0) is 15.5. The smallest absolute Gasteiger partial charge is 0.124 e. The van der Waals surface area contributed by atoms with Crippen LogP contribution in [0.1, 0.15) is 45.6 Å². The summed E-state index contributed by atoms with van der Waals surface area (Å²) in [5.74, 6) is -0.314. The van der Waals surface area contributed by atoms with Gasteiger partial charge in [0.15, 0.2) is 0 Å². The third-order valence-electron chi connectivity index (χ3n) is 4.15. The summed E-state index contributed by atoms with van der Waals surface area (Å²) in [7, 11) is 0. The van der Waals surface area contributed by atoms with Gasteiger partial charge in [0, 0.05) is 17.5 Å². The predicted octanol–water partition coefficient (Wildman–Crippen LogP) is 3.95. The van der Waals surface area contributed by atoms with Gasteiger partial charge in [-0.2, -0.15) is 0 Å². The van der Waals surface area contributed by atoms with Gasteiger partial charge < -0.3 is 10.8 Å². The largest absolute Gasteiger partial charge is 0.392 e. The summed E-state index contributed by atoms with van der Waals surface area (Å²) in [6.07, 6.45) is 0.0520. The van der Waals surface area contributed by atoms with Gasteiger partial charge in [-0.1, -0.05) is 45.4 Å². The van der Waals surface area contributed by atoms with Crippen LogP contribution in [0.25, 0.3) is 0 Å². The monoisotopic (exact) mass is 301 g/mol. The van der Waals surface area contributed by atoms with Crippen molar-refractivity contribution in [3.05, 3.63) is 34.6 Å². The lowest BCUT2D eigenvalue weighted by molar-refractivity contribution is 0.0894. The van der Waals surface area contributed by atoms with E-state index in [1.165, 1.54) is 12.1 Å². The average molecular weight is 302 g/mol. The lowest BCUT2D eigenvalue weighted by Crippen LogP contribution is -2.31. The van der Waals surface area contributed by atoms with E-state index in [4.69, 9.17) is 17.3 Å². The molecule has 4 heteroatoms. The first kappa shape index (κ1) is 17.4. The second kappa shape index (κ2) is 6.88. The second-order valence-electron chi connectivity index (χ2n) is 6.58. The van der Waals surface area contributed by atoms with Gasteiger partial charge in [-0.05, 0) is 35.4 Å². The Balaban J connectivity index is 2.90. The molecule has 3 N–H and O–H groups in total. The summed E-state index contributed by atoms with van der Waals surface area (Å²) in [4.78, 5) is 0. The Hall–Kier alpha value is -0.640. The van der Waals surface area contributed by atoms with Crippen molar-refractivity contribution in [1.82, 2.24) is 0 Å². The molecule has 114 valence electrons. The zero-order valence-electron chi connectivity index (χ0n) is 12.7. The number of halogens is 2. The fourth-order valence-corrected chi connectivity index (χ4v) is 2.48. The molecule has 0 radical (unpaired) electrons. The summed E-state index contributed by atoms with van der Waals surface area (Å²) in [5.41, 5.74) is 6.62. The minimum atomic E-state index is -0.586. The Bertz CT molecular complexity index is 445. The maximum atomic E-state index is 13.1. The lowest BCUT2D eigenvalue weighted by Gasteiger charge is -2.32. The summed E-state index contributed by atoms with van der Waals surface area (Å²) in [5, 5.41) is 10.8. The molecule has 0 amide bonds. The molecular formula is C16H25ClFNO. The first-order valence-corrected chi connectivity index (χ1v) is 7.37. The minimum absolute atomic E-state index is 0.118. The highest BCUT2D eigenvalue weighted by atomic mass is 35.5. The molecular weight excluding hydrogens is 277 g/mol. The normalized spacial score (nSPS) is 16.8. The van der Waals surface area contributed by atoms with Crippen LogP contribution in [-0.2, 0) is 0 Å². The van der Waals surface area contributed by atoms with Gasteiger partial charge in [0.1, 0.15) is 5.82 Å². The molecule has 0 aliphatic carbocycles. The van der Waals surface area contributed by atoms with Crippen molar-refractivity contribution in [2.24, 2.45) is 17.1 Å². The van der Waals surface area contributed by atoms with E-state index in [0.717, 1.165) is 0 Å². The molecule has 3 atom stereocenters. The molecule has 0 aliphatic rings. The number of rotatable bonds is 5. The Kier molecular flexibility index (Phi) is 5.99. The molecule has 0 bridgehead atoms. The fourth-order valence-electron chi connectivity index (χ4n) is 2.17. The maximum absolute atomic E-state index is 13.1. The molecule has 0 aromatic heterocycles. The minimum Gasteiger partial charge on any atom is -0.392 e. The average Bonchev–Trinajstić information content (AvgIpc) is 2.31. The Morgan fingerprint density at radius 1 is 1.35 bits per heavy atom. The SMILES string of the molecule is CC(CC(O)C(CN)c1ccc(F)cc1Cl)C(C)(C)C. The van der Waals surface area contributed by atoms with Crippen molar-refractivity contribution in [1.29, 1.82) is 0 Å². The van der Waals surface area contributed by atoms with Crippen LogP contribution in [-0.4, -0.2) is 17.8 Å². The molecule has 1 aromatic carbocycles. The topological polar surface area (TPSA) is 46.2 Å².